The van der Waals surface area contributed by atoms with Crippen LogP contribution in [0.25, 0.3) is 0 Å². The summed E-state index contributed by atoms with van der Waals surface area (Å²) in [6.07, 6.45) is 2.12. The van der Waals surface area contributed by atoms with Gasteiger partial charge in [-0.2, -0.15) is 0 Å². The van der Waals surface area contributed by atoms with Crippen molar-refractivity contribution < 1.29 is 9.53 Å². The van der Waals surface area contributed by atoms with E-state index in [9.17, 15) is 4.79 Å². The van der Waals surface area contributed by atoms with Crippen molar-refractivity contribution in [2.45, 2.75) is 44.2 Å². The van der Waals surface area contributed by atoms with Crippen LogP contribution >= 0.6 is 23.5 Å². The Labute approximate surface area is 177 Å². The fourth-order valence-electron chi connectivity index (χ4n) is 3.32. The van der Waals surface area contributed by atoms with E-state index in [-0.39, 0.29) is 18.6 Å². The van der Waals surface area contributed by atoms with Gasteiger partial charge in [0.05, 0.1) is 4.58 Å². The number of carbonyl (C=O) groups is 1. The van der Waals surface area contributed by atoms with Gasteiger partial charge in [-0.1, -0.05) is 35.9 Å². The van der Waals surface area contributed by atoms with Crippen LogP contribution in [0.3, 0.4) is 0 Å². The van der Waals surface area contributed by atoms with Gasteiger partial charge in [0.1, 0.15) is 5.75 Å². The zero-order chi connectivity index (χ0) is 19.9. The van der Waals surface area contributed by atoms with E-state index in [0.29, 0.717) is 4.58 Å². The molecule has 0 saturated carbocycles. The second kappa shape index (κ2) is 10.3. The van der Waals surface area contributed by atoms with Gasteiger partial charge in [-0.05, 0) is 73.9 Å². The van der Waals surface area contributed by atoms with Crippen LogP contribution in [-0.4, -0.2) is 30.1 Å². The second-order valence-electron chi connectivity index (χ2n) is 7.39. The molecule has 0 spiro atoms. The van der Waals surface area contributed by atoms with Crippen molar-refractivity contribution in [1.29, 1.82) is 0 Å². The van der Waals surface area contributed by atoms with Crippen LogP contribution in [-0.2, 0) is 11.2 Å². The Balaban J connectivity index is 1.44. The molecular weight excluding hydrogens is 386 g/mol. The Hall–Kier alpha value is -1.59. The van der Waals surface area contributed by atoms with Crippen molar-refractivity contribution in [3.63, 3.8) is 0 Å². The quantitative estimate of drug-likeness (QED) is 0.666. The van der Waals surface area contributed by atoms with Crippen LogP contribution in [0.1, 0.15) is 40.2 Å². The highest BCUT2D eigenvalue weighted by Gasteiger charge is 2.16. The number of aryl methyl sites for hydroxylation is 2. The number of hydrogen-bond donors (Lipinski definition) is 1. The summed E-state index contributed by atoms with van der Waals surface area (Å²) in [6.45, 7) is 6.29. The Morgan fingerprint density at radius 1 is 1.14 bits per heavy atom. The maximum absolute atomic E-state index is 12.2. The fraction of sp³-hybridized carbons (Fsp3) is 0.435. The Bertz CT molecular complexity index is 786. The smallest absolute Gasteiger partial charge is 0.258 e. The summed E-state index contributed by atoms with van der Waals surface area (Å²) in [5.41, 5.74) is 5.13. The van der Waals surface area contributed by atoms with Gasteiger partial charge < -0.3 is 10.1 Å². The number of nitrogens with one attached hydrogen (secondary N) is 1. The minimum absolute atomic E-state index is 0.0451. The van der Waals surface area contributed by atoms with Crippen molar-refractivity contribution in [3.8, 4) is 5.75 Å². The van der Waals surface area contributed by atoms with Crippen LogP contribution in [0.4, 0.5) is 0 Å². The topological polar surface area (TPSA) is 38.3 Å². The Kier molecular flexibility index (Phi) is 7.74. The molecule has 0 aliphatic carbocycles. The lowest BCUT2D eigenvalue weighted by Crippen LogP contribution is -2.37. The van der Waals surface area contributed by atoms with Gasteiger partial charge >= 0.3 is 0 Å². The molecule has 1 N–H and O–H groups in total. The van der Waals surface area contributed by atoms with Gasteiger partial charge in [-0.3, -0.25) is 4.79 Å². The lowest BCUT2D eigenvalue weighted by Gasteiger charge is -2.21. The fourth-order valence-corrected chi connectivity index (χ4v) is 6.22. The molecule has 1 saturated heterocycles. The first kappa shape index (κ1) is 21.1. The van der Waals surface area contributed by atoms with Crippen molar-refractivity contribution in [2.75, 3.05) is 18.1 Å². The summed E-state index contributed by atoms with van der Waals surface area (Å²) in [4.78, 5) is 12.2. The first-order valence-electron chi connectivity index (χ1n) is 9.83. The average molecular weight is 416 g/mol. The maximum atomic E-state index is 12.2. The molecule has 3 nitrogen and oxygen atoms in total. The Morgan fingerprint density at radius 2 is 1.86 bits per heavy atom. The molecule has 2 aromatic carbocycles. The van der Waals surface area contributed by atoms with Crippen LogP contribution in [0.15, 0.2) is 42.5 Å². The first-order valence-corrected chi connectivity index (χ1v) is 11.9. The molecule has 1 aliphatic rings. The van der Waals surface area contributed by atoms with Gasteiger partial charge in [-0.15, -0.1) is 23.5 Å². The minimum atomic E-state index is -0.0836. The third kappa shape index (κ3) is 6.21. The van der Waals surface area contributed by atoms with E-state index in [1.165, 1.54) is 40.2 Å². The number of ether oxygens (including phenoxy) is 1. The van der Waals surface area contributed by atoms with E-state index in [2.05, 4.69) is 49.5 Å². The maximum Gasteiger partial charge on any atom is 0.258 e. The molecule has 0 radical (unpaired) electrons. The predicted octanol–water partition coefficient (Wildman–Crippen LogP) is 5.30. The van der Waals surface area contributed by atoms with E-state index >= 15 is 0 Å². The van der Waals surface area contributed by atoms with Crippen molar-refractivity contribution >= 4 is 29.4 Å². The molecule has 0 bridgehead atoms. The molecule has 1 amide bonds. The van der Waals surface area contributed by atoms with E-state index < -0.39 is 0 Å². The van der Waals surface area contributed by atoms with Gasteiger partial charge in [0.2, 0.25) is 0 Å². The molecule has 1 atom stereocenters. The van der Waals surface area contributed by atoms with E-state index in [1.54, 1.807) is 0 Å². The van der Waals surface area contributed by atoms with Crippen molar-refractivity contribution in [2.24, 2.45) is 0 Å². The van der Waals surface area contributed by atoms with Crippen LogP contribution < -0.4 is 10.1 Å². The summed E-state index contributed by atoms with van der Waals surface area (Å²) in [5.74, 6) is 3.12. The van der Waals surface area contributed by atoms with Crippen LogP contribution in [0.2, 0.25) is 0 Å². The Morgan fingerprint density at radius 3 is 2.54 bits per heavy atom. The summed E-state index contributed by atoms with van der Waals surface area (Å²) in [6, 6.07) is 14.7. The van der Waals surface area contributed by atoms with E-state index in [1.807, 2.05) is 42.6 Å². The third-order valence-corrected chi connectivity index (χ3v) is 7.80. The third-order valence-electron chi connectivity index (χ3n) is 4.78. The largest absolute Gasteiger partial charge is 0.484 e. The van der Waals surface area contributed by atoms with Gasteiger partial charge in [0.25, 0.3) is 5.91 Å². The molecule has 1 heterocycles. The SMILES string of the molecule is Cc1ccc(CC(C)NC(=O)COc2ccc(C3SCCCS3)cc2)c(C)c1. The summed E-state index contributed by atoms with van der Waals surface area (Å²) in [7, 11) is 0. The molecule has 2 aromatic rings. The first-order chi connectivity index (χ1) is 13.5. The van der Waals surface area contributed by atoms with Gasteiger partial charge in [0, 0.05) is 6.04 Å². The number of thioether (sulfide) groups is 2. The number of amides is 1. The average Bonchev–Trinajstić information content (AvgIpc) is 2.69. The lowest BCUT2D eigenvalue weighted by atomic mass is 10.00. The highest BCUT2D eigenvalue weighted by molar-refractivity contribution is 8.16. The monoisotopic (exact) mass is 415 g/mol. The van der Waals surface area contributed by atoms with E-state index in [4.69, 9.17) is 4.74 Å². The van der Waals surface area contributed by atoms with Crippen LogP contribution in [0.5, 0.6) is 5.75 Å². The van der Waals surface area contributed by atoms with Crippen molar-refractivity contribution in [1.82, 2.24) is 5.32 Å². The summed E-state index contributed by atoms with van der Waals surface area (Å²) >= 11 is 4.02. The second-order valence-corrected chi connectivity index (χ2v) is 10.1. The van der Waals surface area contributed by atoms with Crippen molar-refractivity contribution in [3.05, 3.63) is 64.7 Å². The highest BCUT2D eigenvalue weighted by atomic mass is 32.2. The minimum Gasteiger partial charge on any atom is -0.484 e. The summed E-state index contributed by atoms with van der Waals surface area (Å²) < 4.78 is 6.20. The number of rotatable bonds is 7. The molecule has 28 heavy (non-hydrogen) atoms. The molecular formula is C23H29NO2S2. The number of benzene rings is 2. The zero-order valence-electron chi connectivity index (χ0n) is 16.9. The molecule has 0 aromatic heterocycles. The molecule has 150 valence electrons. The number of hydrogen-bond acceptors (Lipinski definition) is 4. The lowest BCUT2D eigenvalue weighted by molar-refractivity contribution is -0.123. The predicted molar refractivity (Wildman–Crippen MR) is 121 cm³/mol. The molecule has 3 rings (SSSR count). The van der Waals surface area contributed by atoms with Crippen LogP contribution in [0, 0.1) is 13.8 Å². The normalized spacial score (nSPS) is 15.8. The molecule has 1 unspecified atom stereocenters. The molecule has 1 aliphatic heterocycles. The van der Waals surface area contributed by atoms with Gasteiger partial charge in [0.15, 0.2) is 6.61 Å². The van der Waals surface area contributed by atoms with E-state index in [0.717, 1.165) is 12.2 Å². The summed E-state index contributed by atoms with van der Waals surface area (Å²) in [5, 5.41) is 3.03. The molecule has 5 heteroatoms. The zero-order valence-corrected chi connectivity index (χ0v) is 18.5. The highest BCUT2D eigenvalue weighted by Crippen LogP contribution is 2.43. The standard InChI is InChI=1S/C23H29NO2S2/c1-16-5-6-20(17(2)13-16)14-18(3)24-22(25)15-26-21-9-7-19(8-10-21)23-27-11-4-12-28-23/h5-10,13,18,23H,4,11-12,14-15H2,1-3H3,(H,24,25). The molecule has 1 fully saturated rings. The number of carbonyl (C=O) groups excluding carboxylic acids is 1. The van der Waals surface area contributed by atoms with Gasteiger partial charge in [-0.25, -0.2) is 0 Å².